The normalized spacial score (nSPS) is 20.8. The van der Waals surface area contributed by atoms with Crippen LogP contribution in [0.3, 0.4) is 0 Å². The third-order valence-electron chi connectivity index (χ3n) is 5.47. The summed E-state index contributed by atoms with van der Waals surface area (Å²) in [5.74, 6) is 1.12. The van der Waals surface area contributed by atoms with E-state index < -0.39 is 0 Å². The van der Waals surface area contributed by atoms with Crippen molar-refractivity contribution < 1.29 is 4.74 Å². The highest BCUT2D eigenvalue weighted by Crippen LogP contribution is 2.50. The summed E-state index contributed by atoms with van der Waals surface area (Å²) in [6.07, 6.45) is 4.40. The van der Waals surface area contributed by atoms with Gasteiger partial charge in [-0.2, -0.15) is 0 Å². The fourth-order valence-electron chi connectivity index (χ4n) is 4.24. The van der Waals surface area contributed by atoms with Crippen molar-refractivity contribution in [3.8, 4) is 0 Å². The number of hydrogen-bond acceptors (Lipinski definition) is 1. The second kappa shape index (κ2) is 5.55. The fraction of sp³-hybridized carbons (Fsp3) is 0.273. The van der Waals surface area contributed by atoms with E-state index in [0.29, 0.717) is 0 Å². The number of methoxy groups -OCH3 is 1. The Morgan fingerprint density at radius 3 is 2.46 bits per heavy atom. The predicted octanol–water partition coefficient (Wildman–Crippen LogP) is 5.29. The first kappa shape index (κ1) is 15.1. The van der Waals surface area contributed by atoms with Crippen LogP contribution in [0.25, 0.3) is 16.5 Å². The van der Waals surface area contributed by atoms with Gasteiger partial charge in [-0.25, -0.2) is 0 Å². The molecule has 0 radical (unpaired) electrons. The quantitative estimate of drug-likeness (QED) is 0.640. The molecule has 1 aliphatic carbocycles. The number of allylic oxidation sites excluding steroid dienone is 2. The Bertz CT molecular complexity index is 920. The van der Waals surface area contributed by atoms with Crippen LogP contribution >= 0.6 is 0 Å². The van der Waals surface area contributed by atoms with E-state index in [4.69, 9.17) is 4.74 Å². The lowest BCUT2D eigenvalue weighted by atomic mass is 9.80. The van der Waals surface area contributed by atoms with Crippen molar-refractivity contribution in [1.82, 2.24) is 4.57 Å². The Morgan fingerprint density at radius 2 is 1.71 bits per heavy atom. The second-order valence-corrected chi connectivity index (χ2v) is 6.88. The molecule has 1 atom stereocenters. The van der Waals surface area contributed by atoms with Crippen LogP contribution in [0.2, 0.25) is 0 Å². The van der Waals surface area contributed by atoms with Gasteiger partial charge in [0.05, 0.1) is 12.5 Å². The van der Waals surface area contributed by atoms with E-state index in [2.05, 4.69) is 79.3 Å². The number of rotatable bonds is 3. The van der Waals surface area contributed by atoms with Crippen molar-refractivity contribution in [1.29, 1.82) is 0 Å². The van der Waals surface area contributed by atoms with Gasteiger partial charge in [-0.15, -0.1) is 0 Å². The molecule has 3 aromatic rings. The van der Waals surface area contributed by atoms with Gasteiger partial charge in [0.1, 0.15) is 5.76 Å². The lowest BCUT2D eigenvalue weighted by Gasteiger charge is -2.27. The van der Waals surface area contributed by atoms with Gasteiger partial charge < -0.3 is 9.30 Å². The minimum Gasteiger partial charge on any atom is -0.500 e. The first-order valence-electron chi connectivity index (χ1n) is 8.53. The summed E-state index contributed by atoms with van der Waals surface area (Å²) < 4.78 is 8.20. The van der Waals surface area contributed by atoms with Gasteiger partial charge >= 0.3 is 0 Å². The van der Waals surface area contributed by atoms with Gasteiger partial charge in [0.25, 0.3) is 0 Å². The summed E-state index contributed by atoms with van der Waals surface area (Å²) in [4.78, 5) is 0. The maximum atomic E-state index is 5.98. The molecule has 1 aromatic heterocycles. The summed E-state index contributed by atoms with van der Waals surface area (Å²) in [7, 11) is 3.94. The van der Waals surface area contributed by atoms with E-state index in [0.717, 1.165) is 18.6 Å². The first-order valence-corrected chi connectivity index (χ1v) is 8.53. The predicted molar refractivity (Wildman–Crippen MR) is 99.9 cm³/mol. The van der Waals surface area contributed by atoms with E-state index in [1.165, 1.54) is 27.6 Å². The molecule has 2 heteroatoms. The number of benzene rings is 2. The van der Waals surface area contributed by atoms with Gasteiger partial charge in [-0.1, -0.05) is 48.5 Å². The molecule has 0 N–H and O–H groups in total. The van der Waals surface area contributed by atoms with Crippen molar-refractivity contribution in [2.45, 2.75) is 25.2 Å². The molecule has 122 valence electrons. The maximum Gasteiger partial charge on any atom is 0.110 e. The maximum absolute atomic E-state index is 5.98. The number of fused-ring (bicyclic) bond motifs is 1. The van der Waals surface area contributed by atoms with E-state index in [-0.39, 0.29) is 5.41 Å². The van der Waals surface area contributed by atoms with Crippen molar-refractivity contribution in [2.24, 2.45) is 7.05 Å². The van der Waals surface area contributed by atoms with Crippen LogP contribution in [0.5, 0.6) is 0 Å². The summed E-state index contributed by atoms with van der Waals surface area (Å²) in [5.41, 5.74) is 5.17. The van der Waals surface area contributed by atoms with Gasteiger partial charge in [0.15, 0.2) is 0 Å². The Morgan fingerprint density at radius 1 is 1.00 bits per heavy atom. The van der Waals surface area contributed by atoms with Crippen molar-refractivity contribution >= 4 is 16.5 Å². The highest BCUT2D eigenvalue weighted by molar-refractivity contribution is 5.87. The SMILES string of the molecule is COC1=C(c2ccccc2)CCC1(C)c1cn(C)c2ccccc12. The van der Waals surface area contributed by atoms with Gasteiger partial charge in [0, 0.05) is 24.1 Å². The summed E-state index contributed by atoms with van der Waals surface area (Å²) in [5, 5.41) is 1.33. The molecule has 24 heavy (non-hydrogen) atoms. The fourth-order valence-corrected chi connectivity index (χ4v) is 4.24. The van der Waals surface area contributed by atoms with Crippen LogP contribution < -0.4 is 0 Å². The Kier molecular flexibility index (Phi) is 3.49. The van der Waals surface area contributed by atoms with E-state index in [1.54, 1.807) is 0 Å². The molecule has 0 amide bonds. The van der Waals surface area contributed by atoms with Crippen molar-refractivity contribution in [3.05, 3.63) is 77.7 Å². The van der Waals surface area contributed by atoms with E-state index >= 15 is 0 Å². The number of hydrogen-bond donors (Lipinski definition) is 0. The number of aryl methyl sites for hydroxylation is 1. The van der Waals surface area contributed by atoms with E-state index in [9.17, 15) is 0 Å². The molecule has 0 saturated heterocycles. The monoisotopic (exact) mass is 317 g/mol. The molecule has 0 saturated carbocycles. The zero-order chi connectivity index (χ0) is 16.7. The number of para-hydroxylation sites is 1. The third kappa shape index (κ3) is 2.10. The molecule has 2 aromatic carbocycles. The number of aromatic nitrogens is 1. The zero-order valence-corrected chi connectivity index (χ0v) is 14.5. The summed E-state index contributed by atoms with van der Waals surface area (Å²) in [6.45, 7) is 2.32. The standard InChI is InChI=1S/C22H23NO/c1-22(19-15-23(2)20-12-8-7-11-18(19)20)14-13-17(21(22)24-3)16-9-5-4-6-10-16/h4-12,15H,13-14H2,1-3H3. The third-order valence-corrected chi connectivity index (χ3v) is 5.47. The number of ether oxygens (including phenoxy) is 1. The lowest BCUT2D eigenvalue weighted by Crippen LogP contribution is -2.22. The largest absolute Gasteiger partial charge is 0.500 e. The van der Waals surface area contributed by atoms with Crippen LogP contribution in [0.1, 0.15) is 30.9 Å². The Hall–Kier alpha value is -2.48. The van der Waals surface area contributed by atoms with Crippen LogP contribution in [-0.2, 0) is 17.2 Å². The van der Waals surface area contributed by atoms with Crippen molar-refractivity contribution in [3.63, 3.8) is 0 Å². The Labute approximate surface area is 143 Å². The minimum atomic E-state index is -0.0826. The molecular weight excluding hydrogens is 294 g/mol. The highest BCUT2D eigenvalue weighted by atomic mass is 16.5. The van der Waals surface area contributed by atoms with Crippen LogP contribution in [-0.4, -0.2) is 11.7 Å². The molecule has 1 heterocycles. The molecule has 0 aliphatic heterocycles. The highest BCUT2D eigenvalue weighted by Gasteiger charge is 2.41. The zero-order valence-electron chi connectivity index (χ0n) is 14.5. The summed E-state index contributed by atoms with van der Waals surface area (Å²) in [6, 6.07) is 19.3. The first-order chi connectivity index (χ1) is 11.6. The molecule has 1 unspecified atom stereocenters. The van der Waals surface area contributed by atoms with Gasteiger partial charge in [0.2, 0.25) is 0 Å². The molecule has 4 rings (SSSR count). The van der Waals surface area contributed by atoms with Crippen LogP contribution in [0.15, 0.2) is 66.6 Å². The van der Waals surface area contributed by atoms with Gasteiger partial charge in [-0.3, -0.25) is 0 Å². The minimum absolute atomic E-state index is 0.0826. The van der Waals surface area contributed by atoms with E-state index in [1.807, 2.05) is 7.11 Å². The number of nitrogens with zero attached hydrogens (tertiary/aromatic N) is 1. The molecule has 0 bridgehead atoms. The molecular formula is C22H23NO. The second-order valence-electron chi connectivity index (χ2n) is 6.88. The van der Waals surface area contributed by atoms with Crippen LogP contribution in [0, 0.1) is 0 Å². The molecule has 1 aliphatic rings. The summed E-state index contributed by atoms with van der Waals surface area (Å²) >= 11 is 0. The smallest absolute Gasteiger partial charge is 0.110 e. The topological polar surface area (TPSA) is 14.2 Å². The average molecular weight is 317 g/mol. The molecule has 0 fully saturated rings. The molecule has 0 spiro atoms. The van der Waals surface area contributed by atoms with Crippen molar-refractivity contribution in [2.75, 3.05) is 7.11 Å². The Balaban J connectivity index is 1.92. The molecule has 2 nitrogen and oxygen atoms in total. The lowest BCUT2D eigenvalue weighted by molar-refractivity contribution is 0.236. The van der Waals surface area contributed by atoms with Crippen LogP contribution in [0.4, 0.5) is 0 Å². The average Bonchev–Trinajstić information content (AvgIpc) is 3.14. The van der Waals surface area contributed by atoms with Gasteiger partial charge in [-0.05, 0) is 42.5 Å².